The van der Waals surface area contributed by atoms with E-state index in [0.29, 0.717) is 0 Å². The third-order valence-electron chi connectivity index (χ3n) is 1.65. The fourth-order valence-corrected chi connectivity index (χ4v) is 0.809. The highest BCUT2D eigenvalue weighted by Gasteiger charge is 2.01. The highest BCUT2D eigenvalue weighted by molar-refractivity contribution is 5.93. The van der Waals surface area contributed by atoms with Crippen LogP contribution < -0.4 is 0 Å². The van der Waals surface area contributed by atoms with Crippen molar-refractivity contribution < 1.29 is 9.63 Å². The van der Waals surface area contributed by atoms with E-state index in [-0.39, 0.29) is 5.91 Å². The van der Waals surface area contributed by atoms with Crippen LogP contribution in [0.15, 0.2) is 30.3 Å². The van der Waals surface area contributed by atoms with Gasteiger partial charge in [0.1, 0.15) is 0 Å². The minimum atomic E-state index is -0.364. The number of hydrogen-bond acceptors (Lipinski definition) is 2. The minimum Gasteiger partial charge on any atom is -0.274 e. The van der Waals surface area contributed by atoms with E-state index in [9.17, 15) is 4.79 Å². The Bertz CT molecular complexity index is 362. The van der Waals surface area contributed by atoms with E-state index in [1.165, 1.54) is 14.2 Å². The van der Waals surface area contributed by atoms with Crippen LogP contribution in [0.2, 0.25) is 0 Å². The molecule has 0 aliphatic heterocycles. The van der Waals surface area contributed by atoms with E-state index >= 15 is 0 Å². The van der Waals surface area contributed by atoms with Gasteiger partial charge in [0, 0.05) is 18.5 Å². The largest absolute Gasteiger partial charge is 0.322 e. The average molecular weight is 189 g/mol. The first kappa shape index (κ1) is 10.3. The molecule has 1 amide bonds. The first-order valence-corrected chi connectivity index (χ1v) is 4.13. The Morgan fingerprint density at radius 2 is 2.00 bits per heavy atom. The van der Waals surface area contributed by atoms with Gasteiger partial charge in [0.05, 0.1) is 7.11 Å². The number of carbonyl (C=O) groups is 1. The summed E-state index contributed by atoms with van der Waals surface area (Å²) >= 11 is 0. The molecule has 72 valence electrons. The second kappa shape index (κ2) is 5.05. The second-order valence-electron chi connectivity index (χ2n) is 2.60. The maximum absolute atomic E-state index is 11.2. The van der Waals surface area contributed by atoms with Crippen LogP contribution in [-0.4, -0.2) is 25.1 Å². The third-order valence-corrected chi connectivity index (χ3v) is 1.65. The van der Waals surface area contributed by atoms with Crippen molar-refractivity contribution in [1.82, 2.24) is 5.06 Å². The monoisotopic (exact) mass is 189 g/mol. The lowest BCUT2D eigenvalue weighted by Crippen LogP contribution is -2.23. The van der Waals surface area contributed by atoms with Crippen molar-refractivity contribution in [3.63, 3.8) is 0 Å². The Balaban J connectivity index is 2.69. The van der Waals surface area contributed by atoms with E-state index < -0.39 is 0 Å². The summed E-state index contributed by atoms with van der Waals surface area (Å²) in [5.74, 6) is 4.84. The van der Waals surface area contributed by atoms with E-state index in [1.54, 1.807) is 0 Å². The number of amides is 1. The van der Waals surface area contributed by atoms with Gasteiger partial charge >= 0.3 is 5.91 Å². The highest BCUT2D eigenvalue weighted by atomic mass is 16.7. The molecule has 0 saturated carbocycles. The van der Waals surface area contributed by atoms with Crippen molar-refractivity contribution in [2.75, 3.05) is 14.2 Å². The van der Waals surface area contributed by atoms with Gasteiger partial charge in [-0.25, -0.2) is 5.06 Å². The van der Waals surface area contributed by atoms with Gasteiger partial charge in [0.25, 0.3) is 0 Å². The maximum atomic E-state index is 11.2. The van der Waals surface area contributed by atoms with Crippen LogP contribution in [0, 0.1) is 11.8 Å². The number of rotatable bonds is 1. The Labute approximate surface area is 83.2 Å². The molecule has 0 aromatic heterocycles. The number of hydroxylamine groups is 2. The molecule has 0 radical (unpaired) electrons. The molecule has 0 heterocycles. The molecular weight excluding hydrogens is 178 g/mol. The first-order chi connectivity index (χ1) is 6.74. The first-order valence-electron chi connectivity index (χ1n) is 4.13. The quantitative estimate of drug-likeness (QED) is 0.488. The van der Waals surface area contributed by atoms with E-state index in [2.05, 4.69) is 16.7 Å². The molecule has 0 bridgehead atoms. The van der Waals surface area contributed by atoms with Crippen LogP contribution >= 0.6 is 0 Å². The van der Waals surface area contributed by atoms with Gasteiger partial charge in [-0.15, -0.1) is 0 Å². The number of nitrogens with zero attached hydrogens (tertiary/aromatic N) is 1. The molecule has 14 heavy (non-hydrogen) atoms. The molecular formula is C11H11NO2. The van der Waals surface area contributed by atoms with Crippen LogP contribution in [-0.2, 0) is 9.63 Å². The standard InChI is InChI=1S/C11H11NO2/c1-12(14-2)11(13)9-8-10-6-4-3-5-7-10/h3-7H,1-2H3. The van der Waals surface area contributed by atoms with Crippen LogP contribution in [0.1, 0.15) is 5.56 Å². The van der Waals surface area contributed by atoms with Crippen molar-refractivity contribution in [2.24, 2.45) is 0 Å². The summed E-state index contributed by atoms with van der Waals surface area (Å²) in [6.45, 7) is 0. The maximum Gasteiger partial charge on any atom is 0.322 e. The summed E-state index contributed by atoms with van der Waals surface area (Å²) < 4.78 is 0. The summed E-state index contributed by atoms with van der Waals surface area (Å²) in [7, 11) is 2.93. The van der Waals surface area contributed by atoms with Gasteiger partial charge in [-0.05, 0) is 12.1 Å². The minimum absolute atomic E-state index is 0.364. The van der Waals surface area contributed by atoms with Crippen molar-refractivity contribution in [2.45, 2.75) is 0 Å². The summed E-state index contributed by atoms with van der Waals surface area (Å²) in [6, 6.07) is 9.32. The van der Waals surface area contributed by atoms with Gasteiger partial charge in [-0.3, -0.25) is 9.63 Å². The SMILES string of the molecule is CON(C)C(=O)C#Cc1ccccc1. The molecule has 3 nitrogen and oxygen atoms in total. The Hall–Kier alpha value is -1.79. The van der Waals surface area contributed by atoms with Crippen LogP contribution in [0.3, 0.4) is 0 Å². The van der Waals surface area contributed by atoms with Crippen LogP contribution in [0.5, 0.6) is 0 Å². The number of carbonyl (C=O) groups excluding carboxylic acids is 1. The predicted octanol–water partition coefficient (Wildman–Crippen LogP) is 1.06. The summed E-state index contributed by atoms with van der Waals surface area (Å²) in [6.07, 6.45) is 0. The number of hydrogen-bond donors (Lipinski definition) is 0. The molecule has 0 N–H and O–H groups in total. The zero-order chi connectivity index (χ0) is 10.4. The van der Waals surface area contributed by atoms with Crippen molar-refractivity contribution in [1.29, 1.82) is 0 Å². The lowest BCUT2D eigenvalue weighted by Gasteiger charge is -2.07. The fraction of sp³-hybridized carbons (Fsp3) is 0.182. The van der Waals surface area contributed by atoms with Gasteiger partial charge in [-0.1, -0.05) is 24.1 Å². The van der Waals surface area contributed by atoms with Crippen LogP contribution in [0.4, 0.5) is 0 Å². The number of benzene rings is 1. The van der Waals surface area contributed by atoms with Gasteiger partial charge < -0.3 is 0 Å². The smallest absolute Gasteiger partial charge is 0.274 e. The molecule has 0 fully saturated rings. The van der Waals surface area contributed by atoms with E-state index in [4.69, 9.17) is 0 Å². The normalized spacial score (nSPS) is 8.71. The Kier molecular flexibility index (Phi) is 3.71. The van der Waals surface area contributed by atoms with Gasteiger partial charge in [0.15, 0.2) is 0 Å². The molecule has 1 aromatic carbocycles. The topological polar surface area (TPSA) is 29.5 Å². The van der Waals surface area contributed by atoms with E-state index in [1.807, 2.05) is 30.3 Å². The molecule has 0 atom stereocenters. The fourth-order valence-electron chi connectivity index (χ4n) is 0.809. The Morgan fingerprint density at radius 1 is 1.36 bits per heavy atom. The van der Waals surface area contributed by atoms with Gasteiger partial charge in [-0.2, -0.15) is 0 Å². The molecule has 0 aliphatic rings. The van der Waals surface area contributed by atoms with Gasteiger partial charge in [0.2, 0.25) is 0 Å². The molecule has 1 rings (SSSR count). The third kappa shape index (κ3) is 2.92. The molecule has 0 aliphatic carbocycles. The highest BCUT2D eigenvalue weighted by Crippen LogP contribution is 1.94. The van der Waals surface area contributed by atoms with Crippen molar-refractivity contribution in [3.05, 3.63) is 35.9 Å². The average Bonchev–Trinajstić information content (AvgIpc) is 2.26. The molecule has 0 spiro atoms. The van der Waals surface area contributed by atoms with Crippen LogP contribution in [0.25, 0.3) is 0 Å². The summed E-state index contributed by atoms with van der Waals surface area (Å²) in [4.78, 5) is 15.9. The zero-order valence-electron chi connectivity index (χ0n) is 8.15. The summed E-state index contributed by atoms with van der Waals surface area (Å²) in [5.41, 5.74) is 0.811. The summed E-state index contributed by atoms with van der Waals surface area (Å²) in [5, 5.41) is 1.08. The zero-order valence-corrected chi connectivity index (χ0v) is 8.15. The lowest BCUT2D eigenvalue weighted by molar-refractivity contribution is -0.161. The molecule has 3 heteroatoms. The van der Waals surface area contributed by atoms with E-state index in [0.717, 1.165) is 10.6 Å². The molecule has 1 aromatic rings. The van der Waals surface area contributed by atoms with Crippen molar-refractivity contribution in [3.8, 4) is 11.8 Å². The molecule has 0 saturated heterocycles. The molecule has 0 unspecified atom stereocenters. The Morgan fingerprint density at radius 3 is 2.57 bits per heavy atom. The lowest BCUT2D eigenvalue weighted by atomic mass is 10.2. The predicted molar refractivity (Wildman–Crippen MR) is 53.1 cm³/mol. The second-order valence-corrected chi connectivity index (χ2v) is 2.60. The van der Waals surface area contributed by atoms with Crippen molar-refractivity contribution >= 4 is 5.91 Å².